The summed E-state index contributed by atoms with van der Waals surface area (Å²) in [6, 6.07) is 3.27. The number of rotatable bonds is 0. The molecule has 110 valence electrons. The third-order valence-electron chi connectivity index (χ3n) is 3.29. The standard InChI is InChI=1S/C14H10F3NO3/c15-14(16,17)13(6-5-8-1-2-8)10-7-9(19)3-4-11(10)18-12(20)21-13/h3-4,7-8,19H,1-2H2,(H,18,20)/t13-/m0/s1. The van der Waals surface area contributed by atoms with Crippen LogP contribution < -0.4 is 5.32 Å². The van der Waals surface area contributed by atoms with Crippen LogP contribution in [0.3, 0.4) is 0 Å². The minimum absolute atomic E-state index is 0.0773. The molecular weight excluding hydrogens is 287 g/mol. The highest BCUT2D eigenvalue weighted by atomic mass is 19.4. The molecule has 1 heterocycles. The number of fused-ring (bicyclic) bond motifs is 1. The quantitative estimate of drug-likeness (QED) is 0.571. The molecule has 1 amide bonds. The third-order valence-corrected chi connectivity index (χ3v) is 3.29. The molecule has 1 aliphatic carbocycles. The fraction of sp³-hybridized carbons (Fsp3) is 0.357. The van der Waals surface area contributed by atoms with E-state index >= 15 is 0 Å². The number of nitrogens with one attached hydrogen (secondary N) is 1. The Morgan fingerprint density at radius 3 is 2.71 bits per heavy atom. The molecule has 0 aromatic heterocycles. The molecule has 1 aliphatic heterocycles. The number of carbonyl (C=O) groups excluding carboxylic acids is 1. The molecule has 1 saturated carbocycles. The van der Waals surface area contributed by atoms with Crippen molar-refractivity contribution in [2.24, 2.45) is 5.92 Å². The van der Waals surface area contributed by atoms with E-state index in [0.29, 0.717) is 0 Å². The zero-order valence-electron chi connectivity index (χ0n) is 10.6. The lowest BCUT2D eigenvalue weighted by Crippen LogP contribution is -2.49. The number of carbonyl (C=O) groups is 1. The van der Waals surface area contributed by atoms with Crippen LogP contribution >= 0.6 is 0 Å². The molecule has 1 aromatic rings. The van der Waals surface area contributed by atoms with Crippen LogP contribution in [0.2, 0.25) is 0 Å². The SMILES string of the molecule is O=C1Nc2ccc(O)cc2[C@@](C#CC2CC2)(C(F)(F)F)O1. The van der Waals surface area contributed by atoms with Gasteiger partial charge in [0.1, 0.15) is 5.75 Å². The monoisotopic (exact) mass is 297 g/mol. The van der Waals surface area contributed by atoms with Crippen molar-refractivity contribution in [2.45, 2.75) is 24.6 Å². The molecule has 4 nitrogen and oxygen atoms in total. The Bertz CT molecular complexity index is 670. The Morgan fingerprint density at radius 2 is 2.10 bits per heavy atom. The van der Waals surface area contributed by atoms with Gasteiger partial charge in [-0.25, -0.2) is 4.79 Å². The van der Waals surface area contributed by atoms with Gasteiger partial charge >= 0.3 is 12.3 Å². The van der Waals surface area contributed by atoms with Gasteiger partial charge in [-0.1, -0.05) is 5.92 Å². The van der Waals surface area contributed by atoms with Crippen LogP contribution in [0, 0.1) is 17.8 Å². The molecule has 1 fully saturated rings. The summed E-state index contributed by atoms with van der Waals surface area (Å²) in [5.74, 6) is 4.12. The topological polar surface area (TPSA) is 58.6 Å². The number of cyclic esters (lactones) is 1. The van der Waals surface area contributed by atoms with Gasteiger partial charge in [-0.2, -0.15) is 13.2 Å². The molecule has 0 radical (unpaired) electrons. The van der Waals surface area contributed by atoms with Gasteiger partial charge in [-0.15, -0.1) is 0 Å². The number of phenols is 1. The van der Waals surface area contributed by atoms with E-state index in [0.717, 1.165) is 18.9 Å². The van der Waals surface area contributed by atoms with Gasteiger partial charge in [0.15, 0.2) is 0 Å². The lowest BCUT2D eigenvalue weighted by molar-refractivity contribution is -0.239. The van der Waals surface area contributed by atoms with Crippen molar-refractivity contribution >= 4 is 11.8 Å². The van der Waals surface area contributed by atoms with Crippen LogP contribution in [0.25, 0.3) is 0 Å². The molecule has 2 aliphatic rings. The number of benzene rings is 1. The second-order valence-corrected chi connectivity index (χ2v) is 4.97. The smallest absolute Gasteiger partial charge is 0.445 e. The average Bonchev–Trinajstić information content (AvgIpc) is 3.19. The van der Waals surface area contributed by atoms with Crippen molar-refractivity contribution in [1.29, 1.82) is 0 Å². The van der Waals surface area contributed by atoms with Crippen molar-refractivity contribution in [2.75, 3.05) is 5.32 Å². The van der Waals surface area contributed by atoms with Crippen LogP contribution in [-0.4, -0.2) is 17.4 Å². The number of anilines is 1. The van der Waals surface area contributed by atoms with Gasteiger partial charge in [-0.05, 0) is 37.0 Å². The fourth-order valence-electron chi connectivity index (χ4n) is 2.07. The van der Waals surface area contributed by atoms with Gasteiger partial charge in [0.2, 0.25) is 0 Å². The molecule has 3 rings (SSSR count). The number of alkyl halides is 3. The van der Waals surface area contributed by atoms with Crippen molar-refractivity contribution in [3.05, 3.63) is 23.8 Å². The van der Waals surface area contributed by atoms with Crippen LogP contribution in [0.5, 0.6) is 5.75 Å². The summed E-state index contributed by atoms with van der Waals surface area (Å²) >= 11 is 0. The van der Waals surface area contributed by atoms with Crippen LogP contribution in [0.4, 0.5) is 23.7 Å². The zero-order valence-corrected chi connectivity index (χ0v) is 10.6. The minimum atomic E-state index is -4.92. The molecule has 0 bridgehead atoms. The van der Waals surface area contributed by atoms with E-state index in [1.807, 2.05) is 0 Å². The molecule has 1 atom stereocenters. The Morgan fingerprint density at radius 1 is 1.38 bits per heavy atom. The molecule has 0 unspecified atom stereocenters. The van der Waals surface area contributed by atoms with Crippen LogP contribution in [0.15, 0.2) is 18.2 Å². The molecule has 2 N–H and O–H groups in total. The molecule has 1 aromatic carbocycles. The zero-order chi connectivity index (χ0) is 15.3. The normalized spacial score (nSPS) is 24.2. The maximum Gasteiger partial charge on any atom is 0.445 e. The van der Waals surface area contributed by atoms with Gasteiger partial charge in [-0.3, -0.25) is 5.32 Å². The summed E-state index contributed by atoms with van der Waals surface area (Å²) in [6.07, 6.45) is -4.68. The Labute approximate surface area is 117 Å². The maximum atomic E-state index is 13.6. The largest absolute Gasteiger partial charge is 0.508 e. The van der Waals surface area contributed by atoms with Crippen molar-refractivity contribution in [1.82, 2.24) is 0 Å². The lowest BCUT2D eigenvalue weighted by Gasteiger charge is -2.35. The second kappa shape index (κ2) is 4.32. The van der Waals surface area contributed by atoms with Gasteiger partial charge in [0, 0.05) is 11.5 Å². The first kappa shape index (κ1) is 13.6. The number of amides is 1. The highest BCUT2D eigenvalue weighted by molar-refractivity contribution is 5.90. The van der Waals surface area contributed by atoms with Crippen LogP contribution in [-0.2, 0) is 10.3 Å². The lowest BCUT2D eigenvalue weighted by atomic mass is 9.90. The summed E-state index contributed by atoms with van der Waals surface area (Å²) in [4.78, 5) is 11.5. The predicted molar refractivity (Wildman–Crippen MR) is 66.4 cm³/mol. The fourth-order valence-corrected chi connectivity index (χ4v) is 2.07. The van der Waals surface area contributed by atoms with E-state index in [1.54, 1.807) is 0 Å². The van der Waals surface area contributed by atoms with Crippen LogP contribution in [0.1, 0.15) is 18.4 Å². The van der Waals surface area contributed by atoms with Gasteiger partial charge in [0.25, 0.3) is 5.60 Å². The number of hydrogen-bond acceptors (Lipinski definition) is 3. The number of ether oxygens (including phenoxy) is 1. The highest BCUT2D eigenvalue weighted by Crippen LogP contribution is 2.48. The molecule has 7 heteroatoms. The van der Waals surface area contributed by atoms with Crippen molar-refractivity contribution in [3.63, 3.8) is 0 Å². The van der Waals surface area contributed by atoms with E-state index in [2.05, 4.69) is 21.9 Å². The summed E-state index contributed by atoms with van der Waals surface area (Å²) in [5.41, 5.74) is -3.54. The van der Waals surface area contributed by atoms with Gasteiger partial charge < -0.3 is 9.84 Å². The second-order valence-electron chi connectivity index (χ2n) is 4.97. The molecule has 21 heavy (non-hydrogen) atoms. The Hall–Kier alpha value is -2.36. The summed E-state index contributed by atoms with van der Waals surface area (Å²) < 4.78 is 45.2. The molecule has 0 saturated heterocycles. The maximum absolute atomic E-state index is 13.6. The predicted octanol–water partition coefficient (Wildman–Crippen LogP) is 3.13. The van der Waals surface area contributed by atoms with E-state index in [4.69, 9.17) is 0 Å². The minimum Gasteiger partial charge on any atom is -0.508 e. The summed E-state index contributed by atoms with van der Waals surface area (Å²) in [6.45, 7) is 0. The third kappa shape index (κ3) is 2.27. The number of hydrogen-bond donors (Lipinski definition) is 2. The van der Waals surface area contributed by atoms with Crippen molar-refractivity contribution in [3.8, 4) is 17.6 Å². The Kier molecular flexibility index (Phi) is 2.80. The highest BCUT2D eigenvalue weighted by Gasteiger charge is 2.62. The first-order valence-electron chi connectivity index (χ1n) is 6.25. The Balaban J connectivity index is 2.22. The summed E-state index contributed by atoms with van der Waals surface area (Å²) in [5, 5.41) is 11.6. The van der Waals surface area contributed by atoms with Gasteiger partial charge in [0.05, 0.1) is 5.69 Å². The summed E-state index contributed by atoms with van der Waals surface area (Å²) in [7, 11) is 0. The van der Waals surface area contributed by atoms with E-state index < -0.39 is 23.4 Å². The molecule has 0 spiro atoms. The molecular formula is C14H10F3NO3. The van der Waals surface area contributed by atoms with E-state index in [1.165, 1.54) is 12.1 Å². The van der Waals surface area contributed by atoms with E-state index in [-0.39, 0.29) is 17.4 Å². The number of phenolic OH excluding ortho intramolecular Hbond substituents is 1. The first-order chi connectivity index (χ1) is 9.82. The van der Waals surface area contributed by atoms with E-state index in [9.17, 15) is 23.1 Å². The number of aromatic hydroxyl groups is 1. The first-order valence-corrected chi connectivity index (χ1v) is 6.25. The average molecular weight is 297 g/mol. The number of halogens is 3. The van der Waals surface area contributed by atoms with Crippen molar-refractivity contribution < 1.29 is 27.8 Å².